The molecule has 5 nitrogen and oxygen atoms in total. The lowest BCUT2D eigenvalue weighted by molar-refractivity contribution is -0.117. The number of amides is 1. The molecule has 1 amide bonds. The summed E-state index contributed by atoms with van der Waals surface area (Å²) in [5.74, 6) is 0.282. The van der Waals surface area contributed by atoms with Crippen LogP contribution in [0.2, 0.25) is 0 Å². The van der Waals surface area contributed by atoms with E-state index in [-0.39, 0.29) is 19.1 Å². The zero-order valence-corrected chi connectivity index (χ0v) is 10.7. The third-order valence-electron chi connectivity index (χ3n) is 2.90. The van der Waals surface area contributed by atoms with Crippen LogP contribution >= 0.6 is 11.8 Å². The highest BCUT2D eigenvalue weighted by atomic mass is 32.2. The Morgan fingerprint density at radius 1 is 1.44 bits per heavy atom. The lowest BCUT2D eigenvalue weighted by Crippen LogP contribution is -2.46. The average Bonchev–Trinajstić information content (AvgIpc) is 2.36. The van der Waals surface area contributed by atoms with Gasteiger partial charge in [-0.2, -0.15) is 0 Å². The molecule has 0 saturated carbocycles. The summed E-state index contributed by atoms with van der Waals surface area (Å²) in [6.45, 7) is -0.245. The molecular weight excluding hydrogens is 252 g/mol. The van der Waals surface area contributed by atoms with Gasteiger partial charge in [0.25, 0.3) is 0 Å². The second-order valence-corrected chi connectivity index (χ2v) is 5.15. The first-order valence-corrected chi connectivity index (χ1v) is 6.72. The molecule has 2 rings (SSSR count). The van der Waals surface area contributed by atoms with Gasteiger partial charge in [0.2, 0.25) is 5.91 Å². The topological polar surface area (TPSA) is 86.8 Å². The van der Waals surface area contributed by atoms with E-state index in [4.69, 9.17) is 10.8 Å². The zero-order valence-electron chi connectivity index (χ0n) is 9.87. The molecule has 0 bridgehead atoms. The van der Waals surface area contributed by atoms with Gasteiger partial charge in [-0.15, -0.1) is 11.8 Å². The molecule has 0 fully saturated rings. The maximum atomic E-state index is 12.0. The Balaban J connectivity index is 2.40. The lowest BCUT2D eigenvalue weighted by Gasteiger charge is -2.34. The van der Waals surface area contributed by atoms with E-state index < -0.39 is 6.04 Å². The number of carbonyl (C=O) groups excluding carboxylic acids is 1. The van der Waals surface area contributed by atoms with Gasteiger partial charge in [-0.25, -0.2) is 0 Å². The highest BCUT2D eigenvalue weighted by Gasteiger charge is 2.30. The first kappa shape index (κ1) is 13.2. The number of fused-ring (bicyclic) bond motifs is 1. The van der Waals surface area contributed by atoms with Crippen LogP contribution < -0.4 is 10.6 Å². The number of aliphatic hydroxyl groups is 2. The van der Waals surface area contributed by atoms with Crippen LogP contribution in [0.4, 0.5) is 11.4 Å². The smallest absolute Gasteiger partial charge is 0.237 e. The summed E-state index contributed by atoms with van der Waals surface area (Å²) in [5.41, 5.74) is 7.05. The van der Waals surface area contributed by atoms with Gasteiger partial charge in [-0.3, -0.25) is 4.79 Å². The summed E-state index contributed by atoms with van der Waals surface area (Å²) in [6.07, 6.45) is 0.348. The van der Waals surface area contributed by atoms with Crippen molar-refractivity contribution < 1.29 is 15.0 Å². The Kier molecular flexibility index (Phi) is 4.11. The molecular formula is C12H16N2O3S. The fourth-order valence-electron chi connectivity index (χ4n) is 2.04. The van der Waals surface area contributed by atoms with E-state index in [1.807, 2.05) is 6.07 Å². The minimum Gasteiger partial charge on any atom is -0.399 e. The fraction of sp³-hybridized carbons (Fsp3) is 0.417. The molecule has 98 valence electrons. The van der Waals surface area contributed by atoms with Gasteiger partial charge < -0.3 is 20.8 Å². The molecule has 1 aromatic rings. The summed E-state index contributed by atoms with van der Waals surface area (Å²) in [6, 6.07) is 5.01. The number of benzene rings is 1. The van der Waals surface area contributed by atoms with Crippen molar-refractivity contribution in [1.29, 1.82) is 0 Å². The Morgan fingerprint density at radius 2 is 2.22 bits per heavy atom. The molecule has 1 aliphatic rings. The normalized spacial score (nSPS) is 16.6. The summed E-state index contributed by atoms with van der Waals surface area (Å²) < 4.78 is 0. The summed E-state index contributed by atoms with van der Waals surface area (Å²) in [7, 11) is 0. The van der Waals surface area contributed by atoms with Gasteiger partial charge in [-0.05, 0) is 24.6 Å². The second-order valence-electron chi connectivity index (χ2n) is 4.13. The first-order chi connectivity index (χ1) is 8.67. The summed E-state index contributed by atoms with van der Waals surface area (Å²) >= 11 is 1.46. The Labute approximate surface area is 110 Å². The lowest BCUT2D eigenvalue weighted by atomic mass is 10.1. The van der Waals surface area contributed by atoms with Crippen LogP contribution in [0.25, 0.3) is 0 Å². The summed E-state index contributed by atoms with van der Waals surface area (Å²) in [4.78, 5) is 14.5. The quantitative estimate of drug-likeness (QED) is 0.690. The Morgan fingerprint density at radius 3 is 2.89 bits per heavy atom. The number of thioether (sulfide) groups is 1. The molecule has 1 unspecified atom stereocenters. The predicted molar refractivity (Wildman–Crippen MR) is 71.6 cm³/mol. The average molecular weight is 268 g/mol. The van der Waals surface area contributed by atoms with E-state index in [9.17, 15) is 9.90 Å². The highest BCUT2D eigenvalue weighted by molar-refractivity contribution is 8.00. The molecule has 1 aliphatic heterocycles. The molecule has 18 heavy (non-hydrogen) atoms. The van der Waals surface area contributed by atoms with E-state index in [1.54, 1.807) is 17.0 Å². The fourth-order valence-corrected chi connectivity index (χ4v) is 2.93. The van der Waals surface area contributed by atoms with E-state index in [1.165, 1.54) is 11.8 Å². The highest BCUT2D eigenvalue weighted by Crippen LogP contribution is 2.37. The molecule has 1 atom stereocenters. The number of nitrogens with two attached hydrogens (primary N) is 1. The Bertz CT molecular complexity index is 453. The van der Waals surface area contributed by atoms with Crippen LogP contribution in [0.3, 0.4) is 0 Å². The molecule has 0 aromatic heterocycles. The molecule has 0 aliphatic carbocycles. The van der Waals surface area contributed by atoms with Gasteiger partial charge in [0.05, 0.1) is 24.1 Å². The molecule has 1 heterocycles. The number of anilines is 2. The second kappa shape index (κ2) is 5.60. The van der Waals surface area contributed by atoms with Crippen molar-refractivity contribution >= 4 is 29.0 Å². The van der Waals surface area contributed by atoms with Crippen LogP contribution in [0, 0.1) is 0 Å². The van der Waals surface area contributed by atoms with Crippen molar-refractivity contribution in [2.45, 2.75) is 17.4 Å². The third-order valence-corrected chi connectivity index (χ3v) is 3.95. The minimum absolute atomic E-state index is 0.0643. The number of hydrogen-bond acceptors (Lipinski definition) is 5. The largest absolute Gasteiger partial charge is 0.399 e. The molecule has 4 N–H and O–H groups in total. The van der Waals surface area contributed by atoms with Gasteiger partial charge in [0.15, 0.2) is 0 Å². The van der Waals surface area contributed by atoms with E-state index in [0.29, 0.717) is 17.9 Å². The predicted octanol–water partition coefficient (Wildman–Crippen LogP) is 0.451. The van der Waals surface area contributed by atoms with Crippen molar-refractivity contribution in [2.24, 2.45) is 0 Å². The number of rotatable bonds is 4. The van der Waals surface area contributed by atoms with Crippen molar-refractivity contribution in [3.05, 3.63) is 18.2 Å². The van der Waals surface area contributed by atoms with Gasteiger partial charge in [-0.1, -0.05) is 0 Å². The molecule has 0 radical (unpaired) electrons. The number of aliphatic hydroxyl groups excluding tert-OH is 2. The SMILES string of the molecule is Nc1ccc2c(c1)N(C(CO)CCO)C(=O)CS2. The van der Waals surface area contributed by atoms with Crippen molar-refractivity contribution in [3.8, 4) is 0 Å². The maximum absolute atomic E-state index is 12.0. The molecule has 1 aromatic carbocycles. The standard InChI is InChI=1S/C12H16N2O3S/c13-8-1-2-11-10(5-8)14(12(17)7-18-11)9(6-16)3-4-15/h1-2,5,9,15-16H,3-4,6-7,13H2. The molecule has 0 saturated heterocycles. The van der Waals surface area contributed by atoms with Crippen LogP contribution in [-0.2, 0) is 4.79 Å². The number of nitrogens with zero attached hydrogens (tertiary/aromatic N) is 1. The van der Waals surface area contributed by atoms with Gasteiger partial charge in [0, 0.05) is 17.2 Å². The van der Waals surface area contributed by atoms with Crippen LogP contribution in [-0.4, -0.2) is 41.1 Å². The van der Waals surface area contributed by atoms with Gasteiger partial charge >= 0.3 is 0 Å². The van der Waals surface area contributed by atoms with E-state index >= 15 is 0 Å². The van der Waals surface area contributed by atoms with E-state index in [0.717, 1.165) is 10.6 Å². The third kappa shape index (κ3) is 2.45. The van der Waals surface area contributed by atoms with Gasteiger partial charge in [0.1, 0.15) is 0 Å². The first-order valence-electron chi connectivity index (χ1n) is 5.73. The number of hydrogen-bond donors (Lipinski definition) is 3. The van der Waals surface area contributed by atoms with Crippen LogP contribution in [0.1, 0.15) is 6.42 Å². The van der Waals surface area contributed by atoms with Crippen LogP contribution in [0.15, 0.2) is 23.1 Å². The summed E-state index contributed by atoms with van der Waals surface area (Å²) in [5, 5.41) is 18.4. The number of nitrogen functional groups attached to an aromatic ring is 1. The Hall–Kier alpha value is -1.24. The van der Waals surface area contributed by atoms with Crippen molar-refractivity contribution in [3.63, 3.8) is 0 Å². The molecule has 6 heteroatoms. The maximum Gasteiger partial charge on any atom is 0.237 e. The molecule has 0 spiro atoms. The van der Waals surface area contributed by atoms with Crippen LogP contribution in [0.5, 0.6) is 0 Å². The zero-order chi connectivity index (χ0) is 13.1. The van der Waals surface area contributed by atoms with Crippen molar-refractivity contribution in [2.75, 3.05) is 29.6 Å². The van der Waals surface area contributed by atoms with E-state index in [2.05, 4.69) is 0 Å². The monoisotopic (exact) mass is 268 g/mol. The van der Waals surface area contributed by atoms with Crippen molar-refractivity contribution in [1.82, 2.24) is 0 Å². The minimum atomic E-state index is -0.399. The number of carbonyl (C=O) groups is 1.